The Hall–Kier alpha value is -0.730. The maximum atomic E-state index is 6.25. The summed E-state index contributed by atoms with van der Waals surface area (Å²) in [4.78, 5) is 4.69. The molecule has 1 heterocycles. The maximum Gasteiger partial charge on any atom is 0.111 e. The van der Waals surface area contributed by atoms with Gasteiger partial charge >= 0.3 is 0 Å². The van der Waals surface area contributed by atoms with Crippen molar-refractivity contribution in [2.45, 2.75) is 39.2 Å². The number of aromatic nitrogens is 2. The molecule has 1 aliphatic carbocycles. The predicted octanol–water partition coefficient (Wildman–Crippen LogP) is 4.66. The van der Waals surface area contributed by atoms with Crippen LogP contribution in [0.15, 0.2) is 18.2 Å². The monoisotopic (exact) mass is 296 g/mol. The first-order valence-corrected chi connectivity index (χ1v) is 7.80. The summed E-state index contributed by atoms with van der Waals surface area (Å²) in [6, 6.07) is 6.01. The van der Waals surface area contributed by atoms with E-state index >= 15 is 0 Å². The van der Waals surface area contributed by atoms with Crippen LogP contribution in [-0.4, -0.2) is 15.4 Å². The number of nitrogens with zero attached hydrogens (tertiary/aromatic N) is 2. The Morgan fingerprint density at radius 2 is 2.16 bits per heavy atom. The van der Waals surface area contributed by atoms with Gasteiger partial charge in [-0.25, -0.2) is 4.98 Å². The lowest BCUT2D eigenvalue weighted by atomic mass is 10.0. The topological polar surface area (TPSA) is 17.8 Å². The molecule has 0 aliphatic heterocycles. The molecule has 0 atom stereocenters. The first kappa shape index (κ1) is 13.3. The first-order valence-electron chi connectivity index (χ1n) is 6.89. The van der Waals surface area contributed by atoms with E-state index in [9.17, 15) is 0 Å². The van der Waals surface area contributed by atoms with Gasteiger partial charge in [-0.05, 0) is 36.8 Å². The van der Waals surface area contributed by atoms with Crippen molar-refractivity contribution < 1.29 is 0 Å². The van der Waals surface area contributed by atoms with Gasteiger partial charge in [0.1, 0.15) is 11.3 Å². The van der Waals surface area contributed by atoms with Crippen LogP contribution >= 0.6 is 23.2 Å². The minimum atomic E-state index is 0.483. The van der Waals surface area contributed by atoms with Crippen LogP contribution in [0.25, 0.3) is 11.0 Å². The summed E-state index contributed by atoms with van der Waals surface area (Å²) in [5.41, 5.74) is 2.54. The highest BCUT2D eigenvalue weighted by molar-refractivity contribution is 6.34. The Morgan fingerprint density at radius 1 is 1.37 bits per heavy atom. The smallest absolute Gasteiger partial charge is 0.111 e. The Kier molecular flexibility index (Phi) is 3.48. The van der Waals surface area contributed by atoms with Crippen molar-refractivity contribution in [3.05, 3.63) is 29.0 Å². The summed E-state index contributed by atoms with van der Waals surface area (Å²) in [6.45, 7) is 3.33. The summed E-state index contributed by atoms with van der Waals surface area (Å²) in [5.74, 6) is 1.66. The van der Waals surface area contributed by atoms with Gasteiger partial charge in [0.15, 0.2) is 0 Å². The average Bonchev–Trinajstić information content (AvgIpc) is 3.10. The highest BCUT2D eigenvalue weighted by Crippen LogP contribution is 2.50. The van der Waals surface area contributed by atoms with Crippen LogP contribution in [0.1, 0.15) is 32.0 Å². The Bertz CT molecular complexity index is 599. The number of aryl methyl sites for hydroxylation is 1. The molecule has 1 aromatic carbocycles. The van der Waals surface area contributed by atoms with Crippen LogP contribution in [0.2, 0.25) is 5.02 Å². The lowest BCUT2D eigenvalue weighted by Gasteiger charge is -2.16. The van der Waals surface area contributed by atoms with Crippen LogP contribution in [0, 0.1) is 5.41 Å². The van der Waals surface area contributed by atoms with Gasteiger partial charge in [0.2, 0.25) is 0 Å². The molecule has 0 bridgehead atoms. The number of imidazole rings is 1. The number of rotatable bonds is 5. The normalized spacial score (nSPS) is 17.0. The van der Waals surface area contributed by atoms with Crippen molar-refractivity contribution >= 4 is 34.2 Å². The van der Waals surface area contributed by atoms with E-state index in [0.717, 1.165) is 34.8 Å². The quantitative estimate of drug-likeness (QED) is 0.734. The molecule has 2 nitrogen and oxygen atoms in total. The van der Waals surface area contributed by atoms with Gasteiger partial charge < -0.3 is 4.57 Å². The van der Waals surface area contributed by atoms with Gasteiger partial charge in [-0.3, -0.25) is 0 Å². The Balaban J connectivity index is 2.08. The second-order valence-electron chi connectivity index (χ2n) is 5.51. The molecule has 0 N–H and O–H groups in total. The van der Waals surface area contributed by atoms with Gasteiger partial charge in [-0.1, -0.05) is 24.6 Å². The third-order valence-electron chi connectivity index (χ3n) is 4.33. The zero-order valence-electron chi connectivity index (χ0n) is 11.1. The van der Waals surface area contributed by atoms with Crippen LogP contribution in [0.3, 0.4) is 0 Å². The summed E-state index contributed by atoms with van der Waals surface area (Å²) in [6.07, 6.45) is 4.67. The van der Waals surface area contributed by atoms with Gasteiger partial charge in [0.25, 0.3) is 0 Å². The zero-order valence-corrected chi connectivity index (χ0v) is 12.6. The van der Waals surface area contributed by atoms with E-state index in [2.05, 4.69) is 17.6 Å². The molecule has 0 unspecified atom stereocenters. The highest BCUT2D eigenvalue weighted by Gasteiger charge is 2.41. The minimum absolute atomic E-state index is 0.483. The van der Waals surface area contributed by atoms with E-state index in [1.807, 2.05) is 12.1 Å². The Morgan fingerprint density at radius 3 is 2.79 bits per heavy atom. The standard InChI is InChI=1S/C15H18Cl2N2/c1-2-15(7-8-15)10-19-12-5-3-4-11(17)14(12)18-13(19)6-9-16/h3-5H,2,6-10H2,1H3. The Labute approximate surface area is 123 Å². The molecule has 0 spiro atoms. The number of fused-ring (bicyclic) bond motifs is 1. The average molecular weight is 297 g/mol. The van der Waals surface area contributed by atoms with E-state index in [0.29, 0.717) is 11.3 Å². The molecular formula is C15H18Cl2N2. The van der Waals surface area contributed by atoms with Gasteiger partial charge in [0.05, 0.1) is 10.5 Å². The molecule has 0 radical (unpaired) electrons. The van der Waals surface area contributed by atoms with E-state index in [-0.39, 0.29) is 0 Å². The molecule has 4 heteroatoms. The van der Waals surface area contributed by atoms with Crippen LogP contribution < -0.4 is 0 Å². The lowest BCUT2D eigenvalue weighted by Crippen LogP contribution is -2.13. The van der Waals surface area contributed by atoms with E-state index in [4.69, 9.17) is 28.2 Å². The third kappa shape index (κ3) is 2.36. The fourth-order valence-corrected chi connectivity index (χ4v) is 3.13. The molecule has 1 aliphatic rings. The molecule has 1 aromatic heterocycles. The largest absolute Gasteiger partial charge is 0.327 e. The SMILES string of the molecule is CCC1(Cn2c(CCCl)nc3c(Cl)cccc32)CC1. The minimum Gasteiger partial charge on any atom is -0.327 e. The number of halogens is 2. The van der Waals surface area contributed by atoms with E-state index in [1.165, 1.54) is 19.3 Å². The molecular weight excluding hydrogens is 279 g/mol. The molecule has 0 saturated heterocycles. The summed E-state index contributed by atoms with van der Waals surface area (Å²) >= 11 is 12.2. The number of para-hydroxylation sites is 1. The predicted molar refractivity (Wildman–Crippen MR) is 81.1 cm³/mol. The molecule has 1 saturated carbocycles. The van der Waals surface area contributed by atoms with Crippen LogP contribution in [0.4, 0.5) is 0 Å². The summed E-state index contributed by atoms with van der Waals surface area (Å²) in [5, 5.41) is 0.730. The highest BCUT2D eigenvalue weighted by atomic mass is 35.5. The molecule has 19 heavy (non-hydrogen) atoms. The maximum absolute atomic E-state index is 6.25. The fraction of sp³-hybridized carbons (Fsp3) is 0.533. The molecule has 0 amide bonds. The van der Waals surface area contributed by atoms with Crippen LogP contribution in [0.5, 0.6) is 0 Å². The molecule has 102 valence electrons. The molecule has 3 rings (SSSR count). The number of hydrogen-bond acceptors (Lipinski definition) is 1. The first-order chi connectivity index (χ1) is 9.19. The number of hydrogen-bond donors (Lipinski definition) is 0. The van der Waals surface area contributed by atoms with Crippen molar-refractivity contribution in [1.29, 1.82) is 0 Å². The van der Waals surface area contributed by atoms with Gasteiger partial charge in [0, 0.05) is 18.8 Å². The van der Waals surface area contributed by atoms with E-state index in [1.54, 1.807) is 0 Å². The number of alkyl halides is 1. The second-order valence-corrected chi connectivity index (χ2v) is 6.30. The van der Waals surface area contributed by atoms with Crippen molar-refractivity contribution in [3.8, 4) is 0 Å². The van der Waals surface area contributed by atoms with Gasteiger partial charge in [-0.15, -0.1) is 11.6 Å². The number of benzene rings is 1. The van der Waals surface area contributed by atoms with Crippen LogP contribution in [-0.2, 0) is 13.0 Å². The van der Waals surface area contributed by atoms with Crippen molar-refractivity contribution in [2.75, 3.05) is 5.88 Å². The summed E-state index contributed by atoms with van der Waals surface area (Å²) in [7, 11) is 0. The van der Waals surface area contributed by atoms with Crippen molar-refractivity contribution in [3.63, 3.8) is 0 Å². The van der Waals surface area contributed by atoms with Gasteiger partial charge in [-0.2, -0.15) is 0 Å². The molecule has 1 fully saturated rings. The second kappa shape index (κ2) is 4.99. The fourth-order valence-electron chi connectivity index (χ4n) is 2.75. The summed E-state index contributed by atoms with van der Waals surface area (Å²) < 4.78 is 2.33. The molecule has 2 aromatic rings. The third-order valence-corrected chi connectivity index (χ3v) is 4.82. The van der Waals surface area contributed by atoms with E-state index < -0.39 is 0 Å². The lowest BCUT2D eigenvalue weighted by molar-refractivity contribution is 0.408. The van der Waals surface area contributed by atoms with Crippen molar-refractivity contribution in [2.24, 2.45) is 5.41 Å². The zero-order chi connectivity index (χ0) is 13.5. The van der Waals surface area contributed by atoms with Crippen molar-refractivity contribution in [1.82, 2.24) is 9.55 Å².